The van der Waals surface area contributed by atoms with Gasteiger partial charge in [0.25, 0.3) is 0 Å². The number of halogens is 3. The Morgan fingerprint density at radius 3 is 2.73 bits per heavy atom. The molecule has 1 heterocycles. The lowest BCUT2D eigenvalue weighted by molar-refractivity contribution is -0.137. The quantitative estimate of drug-likeness (QED) is 0.837. The zero-order chi connectivity index (χ0) is 16.2. The summed E-state index contributed by atoms with van der Waals surface area (Å²) in [7, 11) is -3.63. The van der Waals surface area contributed by atoms with Gasteiger partial charge in [-0.1, -0.05) is 18.2 Å². The molecule has 2 N–H and O–H groups in total. The summed E-state index contributed by atoms with van der Waals surface area (Å²) in [6.45, 7) is 2.14. The maximum Gasteiger partial charge on any atom is 0.416 e. The molecule has 1 aromatic rings. The number of hydrogen-bond acceptors (Lipinski definition) is 3. The van der Waals surface area contributed by atoms with Gasteiger partial charge in [-0.05, 0) is 43.5 Å². The predicted molar refractivity (Wildman–Crippen MR) is 77.7 cm³/mol. The summed E-state index contributed by atoms with van der Waals surface area (Å²) >= 11 is 0. The van der Waals surface area contributed by atoms with Crippen molar-refractivity contribution < 1.29 is 21.6 Å². The van der Waals surface area contributed by atoms with Crippen LogP contribution in [0.1, 0.15) is 24.0 Å². The van der Waals surface area contributed by atoms with Crippen LogP contribution in [0.3, 0.4) is 0 Å². The summed E-state index contributed by atoms with van der Waals surface area (Å²) in [6.07, 6.45) is -2.72. The van der Waals surface area contributed by atoms with Crippen molar-refractivity contribution in [3.63, 3.8) is 0 Å². The highest BCUT2D eigenvalue weighted by molar-refractivity contribution is 7.88. The molecule has 1 saturated heterocycles. The van der Waals surface area contributed by atoms with Gasteiger partial charge in [0, 0.05) is 6.54 Å². The molecule has 8 heteroatoms. The molecule has 1 aliphatic heterocycles. The van der Waals surface area contributed by atoms with Crippen molar-refractivity contribution in [2.24, 2.45) is 5.92 Å². The van der Waals surface area contributed by atoms with Crippen molar-refractivity contribution >= 4 is 10.0 Å². The Morgan fingerprint density at radius 1 is 1.32 bits per heavy atom. The summed E-state index contributed by atoms with van der Waals surface area (Å²) in [6, 6.07) is 4.41. The van der Waals surface area contributed by atoms with Crippen molar-refractivity contribution in [2.75, 3.05) is 19.6 Å². The molecule has 2 rings (SSSR count). The fraction of sp³-hybridized carbons (Fsp3) is 0.571. The van der Waals surface area contributed by atoms with Gasteiger partial charge < -0.3 is 5.32 Å². The number of alkyl halides is 3. The highest BCUT2D eigenvalue weighted by atomic mass is 32.2. The van der Waals surface area contributed by atoms with Crippen LogP contribution in [-0.4, -0.2) is 28.1 Å². The van der Waals surface area contributed by atoms with Crippen LogP contribution in [0.25, 0.3) is 0 Å². The fourth-order valence-electron chi connectivity index (χ4n) is 2.49. The molecule has 1 aliphatic rings. The van der Waals surface area contributed by atoms with Gasteiger partial charge in [0.15, 0.2) is 0 Å². The summed E-state index contributed by atoms with van der Waals surface area (Å²) in [5.41, 5.74) is -0.706. The van der Waals surface area contributed by atoms with Gasteiger partial charge in [0.1, 0.15) is 0 Å². The maximum atomic E-state index is 12.6. The Bertz CT molecular complexity index is 596. The Morgan fingerprint density at radius 2 is 2.09 bits per heavy atom. The molecule has 0 aliphatic carbocycles. The van der Waals surface area contributed by atoms with E-state index in [0.29, 0.717) is 12.5 Å². The average molecular weight is 336 g/mol. The van der Waals surface area contributed by atoms with Crippen LogP contribution in [0.4, 0.5) is 13.2 Å². The van der Waals surface area contributed by atoms with Gasteiger partial charge >= 0.3 is 6.18 Å². The molecule has 1 fully saturated rings. The summed E-state index contributed by atoms with van der Waals surface area (Å²) in [5, 5.41) is 3.20. The first kappa shape index (κ1) is 17.2. The molecular formula is C14H19F3N2O2S. The Hall–Kier alpha value is -1.12. The van der Waals surface area contributed by atoms with Crippen molar-refractivity contribution in [2.45, 2.75) is 24.8 Å². The Labute approximate surface area is 128 Å². The molecule has 4 nitrogen and oxygen atoms in total. The first-order chi connectivity index (χ1) is 10.3. The topological polar surface area (TPSA) is 58.2 Å². The van der Waals surface area contributed by atoms with Crippen molar-refractivity contribution in [1.29, 1.82) is 0 Å². The van der Waals surface area contributed by atoms with E-state index in [1.807, 2.05) is 0 Å². The number of nitrogens with one attached hydrogen (secondary N) is 2. The van der Waals surface area contributed by atoms with E-state index in [-0.39, 0.29) is 5.56 Å². The zero-order valence-electron chi connectivity index (χ0n) is 12.0. The molecule has 0 amide bonds. The lowest BCUT2D eigenvalue weighted by atomic mass is 10.1. The zero-order valence-corrected chi connectivity index (χ0v) is 12.8. The molecule has 0 spiro atoms. The minimum absolute atomic E-state index is 0.129. The summed E-state index contributed by atoms with van der Waals surface area (Å²) in [4.78, 5) is 0. The van der Waals surface area contributed by atoms with Crippen LogP contribution in [-0.2, 0) is 22.0 Å². The highest BCUT2D eigenvalue weighted by Gasteiger charge is 2.30. The third kappa shape index (κ3) is 5.26. The van der Waals surface area contributed by atoms with Crippen LogP contribution < -0.4 is 10.0 Å². The molecule has 0 aromatic heterocycles. The molecule has 1 aromatic carbocycles. The number of hydrogen-bond donors (Lipinski definition) is 2. The summed E-state index contributed by atoms with van der Waals surface area (Å²) < 4.78 is 64.1. The fourth-order valence-corrected chi connectivity index (χ4v) is 3.64. The van der Waals surface area contributed by atoms with E-state index in [1.165, 1.54) is 12.1 Å². The lowest BCUT2D eigenvalue weighted by Crippen LogP contribution is -2.28. The highest BCUT2D eigenvalue weighted by Crippen LogP contribution is 2.29. The molecule has 1 unspecified atom stereocenters. The van der Waals surface area contributed by atoms with E-state index in [1.54, 1.807) is 0 Å². The van der Waals surface area contributed by atoms with Crippen LogP contribution >= 0.6 is 0 Å². The lowest BCUT2D eigenvalue weighted by Gasteiger charge is -2.11. The molecule has 0 radical (unpaired) electrons. The second-order valence-electron chi connectivity index (χ2n) is 5.50. The second kappa shape index (κ2) is 6.97. The number of sulfonamides is 1. The second-order valence-corrected chi connectivity index (χ2v) is 7.31. The van der Waals surface area contributed by atoms with E-state index >= 15 is 0 Å². The third-order valence-electron chi connectivity index (χ3n) is 3.65. The molecule has 22 heavy (non-hydrogen) atoms. The molecule has 0 saturated carbocycles. The minimum atomic E-state index is -4.47. The molecule has 0 bridgehead atoms. The minimum Gasteiger partial charge on any atom is -0.316 e. The number of rotatable bonds is 6. The first-order valence-corrected chi connectivity index (χ1v) is 8.76. The Balaban J connectivity index is 1.90. The SMILES string of the molecule is O=S(=O)(Cc1cccc(C(F)(F)F)c1)NCCC1CCNC1. The van der Waals surface area contributed by atoms with Crippen LogP contribution in [0.5, 0.6) is 0 Å². The monoisotopic (exact) mass is 336 g/mol. The van der Waals surface area contributed by atoms with E-state index in [4.69, 9.17) is 0 Å². The third-order valence-corrected chi connectivity index (χ3v) is 5.01. The average Bonchev–Trinajstić information content (AvgIpc) is 2.90. The molecular weight excluding hydrogens is 317 g/mol. The van der Waals surface area contributed by atoms with Gasteiger partial charge in [0.05, 0.1) is 11.3 Å². The molecule has 124 valence electrons. The van der Waals surface area contributed by atoms with E-state index in [0.717, 1.165) is 38.1 Å². The predicted octanol–water partition coefficient (Wildman–Crippen LogP) is 2.12. The van der Waals surface area contributed by atoms with E-state index in [2.05, 4.69) is 10.0 Å². The van der Waals surface area contributed by atoms with Gasteiger partial charge in [-0.25, -0.2) is 13.1 Å². The van der Waals surface area contributed by atoms with Crippen molar-refractivity contribution in [3.05, 3.63) is 35.4 Å². The van der Waals surface area contributed by atoms with Crippen LogP contribution in [0.2, 0.25) is 0 Å². The van der Waals surface area contributed by atoms with Crippen LogP contribution in [0, 0.1) is 5.92 Å². The largest absolute Gasteiger partial charge is 0.416 e. The maximum absolute atomic E-state index is 12.6. The molecule has 1 atom stereocenters. The van der Waals surface area contributed by atoms with Gasteiger partial charge in [-0.3, -0.25) is 0 Å². The van der Waals surface area contributed by atoms with Gasteiger partial charge in [-0.2, -0.15) is 13.2 Å². The van der Waals surface area contributed by atoms with Crippen molar-refractivity contribution in [3.8, 4) is 0 Å². The van der Waals surface area contributed by atoms with Gasteiger partial charge in [0.2, 0.25) is 10.0 Å². The van der Waals surface area contributed by atoms with E-state index < -0.39 is 27.5 Å². The Kier molecular flexibility index (Phi) is 5.46. The van der Waals surface area contributed by atoms with E-state index in [9.17, 15) is 21.6 Å². The number of benzene rings is 1. The van der Waals surface area contributed by atoms with Crippen LogP contribution in [0.15, 0.2) is 24.3 Å². The smallest absolute Gasteiger partial charge is 0.316 e. The van der Waals surface area contributed by atoms with Crippen molar-refractivity contribution in [1.82, 2.24) is 10.0 Å². The van der Waals surface area contributed by atoms with Gasteiger partial charge in [-0.15, -0.1) is 0 Å². The first-order valence-electron chi connectivity index (χ1n) is 7.10. The normalized spacial score (nSPS) is 19.5. The summed E-state index contributed by atoms with van der Waals surface area (Å²) in [5.74, 6) is 0.0103. The standard InChI is InChI=1S/C14H19F3N2O2S/c15-14(16,17)13-3-1-2-12(8-13)10-22(20,21)19-7-5-11-4-6-18-9-11/h1-3,8,11,18-19H,4-7,9-10H2.